The molecule has 0 spiro atoms. The first-order valence-corrected chi connectivity index (χ1v) is 28.2. The van der Waals surface area contributed by atoms with Gasteiger partial charge >= 0.3 is 30.3 Å². The zero-order valence-electron chi connectivity index (χ0n) is 48.5. The third-order valence-corrected chi connectivity index (χ3v) is 14.4. The van der Waals surface area contributed by atoms with Crippen molar-refractivity contribution in [3.63, 3.8) is 0 Å². The number of aryl methyl sites for hydroxylation is 2. The van der Waals surface area contributed by atoms with Crippen LogP contribution in [0.2, 0.25) is 10.0 Å². The number of hydrogen-bond acceptors (Lipinski definition) is 18. The van der Waals surface area contributed by atoms with Gasteiger partial charge in [0.1, 0.15) is 0 Å². The molecule has 0 aliphatic carbocycles. The third kappa shape index (κ3) is 15.6. The number of carboxylic acid groups (broad SMARTS) is 1. The van der Waals surface area contributed by atoms with Gasteiger partial charge in [-0.05, 0) is 111 Å². The number of amides is 3. The number of likely N-dealkylation sites (tertiary alicyclic amines) is 1. The molecular formula is C59H68Cl2N10O14. The molecule has 3 amide bonds. The summed E-state index contributed by atoms with van der Waals surface area (Å²) >= 11 is 13.0. The van der Waals surface area contributed by atoms with Crippen LogP contribution in [-0.2, 0) is 42.5 Å². The lowest BCUT2D eigenvalue weighted by molar-refractivity contribution is -0.0831. The second-order valence-corrected chi connectivity index (χ2v) is 21.5. The summed E-state index contributed by atoms with van der Waals surface area (Å²) in [7, 11) is 3.17. The monoisotopic (exact) mass is 1210 g/mol. The molecule has 2 saturated heterocycles. The average Bonchev–Trinajstić information content (AvgIpc) is 1.79. The predicted molar refractivity (Wildman–Crippen MR) is 312 cm³/mol. The number of nitrogens with zero attached hydrogens (tertiary/aromatic N) is 9. The van der Waals surface area contributed by atoms with Crippen LogP contribution >= 0.6 is 23.2 Å². The standard InChI is InChI=1S/C32H38ClN5O8.C27H30ClN5O6/c1-7-44-31(43)46-19(2)45-29(40)25-22(18-35-36(25)6)20-12-14-21(15-13-20)28(39)38(27-23(33)10-8-16-34-27)24-11-9-17-37(30(41)42)26(24)32(3,4)5;1-4-37-27(36)39-17(2)38-26(35)23-21(16-31-32(23)3)18-9-11-19(12-10-18)25(34)33(20-7-5-13-29-15-20)24-22(28)8-6-14-30-24/h8,10,12-16,18-19,24,26H,7,9,11,17H2,1-6H3,(H,41,42);6,8-12,14,16-17,20,29H,4-5,7,13,15H2,1-3H3/t19?,24-,26?;17?,20-/m11/s1. The highest BCUT2D eigenvalue weighted by Crippen LogP contribution is 2.39. The van der Waals surface area contributed by atoms with Gasteiger partial charge in [0.15, 0.2) is 23.0 Å². The average molecular weight is 1210 g/mol. The van der Waals surface area contributed by atoms with E-state index in [1.807, 2.05) is 20.8 Å². The number of ether oxygens (including phenoxy) is 6. The lowest BCUT2D eigenvalue weighted by Crippen LogP contribution is -2.63. The van der Waals surface area contributed by atoms with Gasteiger partial charge in [0.2, 0.25) is 12.6 Å². The molecule has 2 N–H and O–H groups in total. The molecule has 2 aromatic carbocycles. The number of carbonyl (C=O) groups is 7. The Kier molecular flexibility index (Phi) is 21.7. The molecule has 2 fully saturated rings. The molecule has 0 bridgehead atoms. The normalized spacial score (nSPS) is 16.5. The summed E-state index contributed by atoms with van der Waals surface area (Å²) in [5.41, 5.74) is 2.62. The highest BCUT2D eigenvalue weighted by molar-refractivity contribution is 6.34. The molecule has 85 heavy (non-hydrogen) atoms. The fourth-order valence-electron chi connectivity index (χ4n) is 10.2. The summed E-state index contributed by atoms with van der Waals surface area (Å²) in [6, 6.07) is 18.9. The third-order valence-electron chi connectivity index (χ3n) is 13.8. The number of hydrogen-bond donors (Lipinski definition) is 2. The van der Waals surface area contributed by atoms with Crippen molar-refractivity contribution < 1.29 is 67.1 Å². The molecule has 2 aliphatic rings. The van der Waals surface area contributed by atoms with Crippen LogP contribution in [0.25, 0.3) is 22.3 Å². The van der Waals surface area contributed by atoms with E-state index in [1.165, 1.54) is 51.6 Å². The van der Waals surface area contributed by atoms with Crippen molar-refractivity contribution in [2.75, 3.05) is 42.6 Å². The Balaban J connectivity index is 0.000000247. The van der Waals surface area contributed by atoms with E-state index in [-0.39, 0.29) is 47.4 Å². The molecule has 8 rings (SSSR count). The van der Waals surface area contributed by atoms with Crippen LogP contribution < -0.4 is 15.1 Å². The molecule has 4 aromatic heterocycles. The molecule has 6 heterocycles. The molecule has 3 unspecified atom stereocenters. The first-order chi connectivity index (χ1) is 40.5. The van der Waals surface area contributed by atoms with Crippen molar-refractivity contribution in [2.45, 2.75) is 105 Å². The van der Waals surface area contributed by atoms with Crippen molar-refractivity contribution in [1.82, 2.24) is 39.7 Å². The van der Waals surface area contributed by atoms with E-state index in [0.29, 0.717) is 70.2 Å². The number of carbonyl (C=O) groups excluding carboxylic acids is 6. The van der Waals surface area contributed by atoms with Crippen molar-refractivity contribution in [1.29, 1.82) is 0 Å². The lowest BCUT2D eigenvalue weighted by atomic mass is 9.77. The first-order valence-electron chi connectivity index (χ1n) is 27.5. The smallest absolute Gasteiger partial charge is 0.465 e. The molecule has 24 nitrogen and oxygen atoms in total. The molecule has 452 valence electrons. The minimum atomic E-state index is -1.22. The van der Waals surface area contributed by atoms with E-state index in [9.17, 15) is 38.7 Å². The largest absolute Gasteiger partial charge is 0.511 e. The van der Waals surface area contributed by atoms with E-state index in [1.54, 1.807) is 112 Å². The second-order valence-electron chi connectivity index (χ2n) is 20.7. The number of halogens is 2. The summed E-state index contributed by atoms with van der Waals surface area (Å²) in [6.07, 6.45) is 3.68. The fraction of sp³-hybridized carbons (Fsp3) is 0.407. The molecule has 6 aromatic rings. The van der Waals surface area contributed by atoms with Crippen LogP contribution in [0.4, 0.5) is 26.0 Å². The quantitative estimate of drug-likeness (QED) is 0.0517. The number of nitrogens with one attached hydrogen (secondary N) is 1. The van der Waals surface area contributed by atoms with Gasteiger partial charge < -0.3 is 43.7 Å². The number of anilines is 2. The lowest BCUT2D eigenvalue weighted by Gasteiger charge is -2.50. The second kappa shape index (κ2) is 28.8. The summed E-state index contributed by atoms with van der Waals surface area (Å²) in [4.78, 5) is 103. The zero-order chi connectivity index (χ0) is 61.7. The molecule has 5 atom stereocenters. The Labute approximate surface area is 501 Å². The van der Waals surface area contributed by atoms with Crippen LogP contribution in [0.1, 0.15) is 116 Å². The van der Waals surface area contributed by atoms with Gasteiger partial charge in [-0.1, -0.05) is 68.2 Å². The van der Waals surface area contributed by atoms with Gasteiger partial charge in [-0.15, -0.1) is 0 Å². The highest BCUT2D eigenvalue weighted by atomic mass is 35.5. The van der Waals surface area contributed by atoms with Crippen LogP contribution in [-0.4, -0.2) is 145 Å². The van der Waals surface area contributed by atoms with E-state index < -0.39 is 66.3 Å². The summed E-state index contributed by atoms with van der Waals surface area (Å²) in [5.74, 6) is -1.50. The Bertz CT molecular complexity index is 3350. The molecule has 0 radical (unpaired) electrons. The Morgan fingerprint density at radius 3 is 1.54 bits per heavy atom. The van der Waals surface area contributed by atoms with Crippen LogP contribution in [0, 0.1) is 5.41 Å². The van der Waals surface area contributed by atoms with Crippen molar-refractivity contribution in [3.05, 3.63) is 130 Å². The van der Waals surface area contributed by atoms with Crippen LogP contribution in [0.5, 0.6) is 0 Å². The van der Waals surface area contributed by atoms with E-state index >= 15 is 0 Å². The Hall–Kier alpha value is -8.61. The maximum Gasteiger partial charge on any atom is 0.511 e. The van der Waals surface area contributed by atoms with E-state index in [2.05, 4.69) is 25.5 Å². The number of piperidine rings is 2. The van der Waals surface area contributed by atoms with E-state index in [0.717, 1.165) is 19.4 Å². The van der Waals surface area contributed by atoms with E-state index in [4.69, 9.17) is 51.6 Å². The van der Waals surface area contributed by atoms with Gasteiger partial charge in [-0.3, -0.25) is 28.8 Å². The number of aromatic nitrogens is 6. The molecule has 0 saturated carbocycles. The van der Waals surface area contributed by atoms with Crippen molar-refractivity contribution in [2.24, 2.45) is 19.5 Å². The number of pyridine rings is 2. The van der Waals surface area contributed by atoms with Crippen LogP contribution in [0.3, 0.4) is 0 Å². The van der Waals surface area contributed by atoms with Crippen molar-refractivity contribution in [3.8, 4) is 22.3 Å². The number of benzene rings is 2. The maximum absolute atomic E-state index is 14.3. The van der Waals surface area contributed by atoms with Gasteiger partial charge in [-0.25, -0.2) is 33.9 Å². The summed E-state index contributed by atoms with van der Waals surface area (Å²) in [6.45, 7) is 14.0. The maximum atomic E-state index is 14.3. The predicted octanol–water partition coefficient (Wildman–Crippen LogP) is 10.2. The number of esters is 2. The summed E-state index contributed by atoms with van der Waals surface area (Å²) in [5, 5.41) is 22.4. The number of rotatable bonds is 16. The molecular weight excluding hydrogens is 1140 g/mol. The zero-order valence-corrected chi connectivity index (χ0v) is 50.0. The van der Waals surface area contributed by atoms with Gasteiger partial charge in [0, 0.05) is 75.7 Å². The first kappa shape index (κ1) is 64.0. The van der Waals surface area contributed by atoms with Crippen LogP contribution in [0.15, 0.2) is 97.6 Å². The Morgan fingerprint density at radius 1 is 0.671 bits per heavy atom. The van der Waals surface area contributed by atoms with Gasteiger partial charge in [-0.2, -0.15) is 10.2 Å². The highest BCUT2D eigenvalue weighted by Gasteiger charge is 2.47. The van der Waals surface area contributed by atoms with Crippen molar-refractivity contribution >= 4 is 77.0 Å². The fourth-order valence-corrected chi connectivity index (χ4v) is 10.6. The minimum absolute atomic E-state index is 0.100. The van der Waals surface area contributed by atoms with Gasteiger partial charge in [0.05, 0.1) is 53.8 Å². The topological polar surface area (TPSA) is 278 Å². The SMILES string of the molecule is CCOC(=O)OC(C)OC(=O)c1c(-c2ccc(C(=O)N(c3ncccc3Cl)[C@@H]3CCCN(C(=O)O)C3C(C)(C)C)cc2)cnn1C.CCOC(=O)OC(C)OC(=O)c1c(-c2ccc(C(=O)N(c3ncccc3Cl)[C@@H]3CCCNC3)cc2)cnn1C. The van der Waals surface area contributed by atoms with Gasteiger partial charge in [0.25, 0.3) is 11.8 Å². The molecule has 2 aliphatic heterocycles. The summed E-state index contributed by atoms with van der Waals surface area (Å²) < 4.78 is 32.5. The minimum Gasteiger partial charge on any atom is -0.465 e. The molecule has 26 heteroatoms. The Morgan fingerprint density at radius 2 is 1.13 bits per heavy atom.